The van der Waals surface area contributed by atoms with Gasteiger partial charge in [-0.05, 0) is 62.0 Å². The van der Waals surface area contributed by atoms with Crippen molar-refractivity contribution >= 4 is 17.3 Å². The summed E-state index contributed by atoms with van der Waals surface area (Å²) < 4.78 is 13.3. The van der Waals surface area contributed by atoms with Crippen LogP contribution in [-0.2, 0) is 4.74 Å². The lowest BCUT2D eigenvalue weighted by atomic mass is 9.96. The summed E-state index contributed by atoms with van der Waals surface area (Å²) in [7, 11) is 1.70. The van der Waals surface area contributed by atoms with Gasteiger partial charge < -0.3 is 24.3 Å². The van der Waals surface area contributed by atoms with Crippen molar-refractivity contribution in [2.45, 2.75) is 25.9 Å². The predicted octanol–water partition coefficient (Wildman–Crippen LogP) is 3.80. The van der Waals surface area contributed by atoms with E-state index in [1.807, 2.05) is 30.5 Å². The molecular weight excluding hydrogens is 458 g/mol. The van der Waals surface area contributed by atoms with E-state index >= 15 is 0 Å². The minimum Gasteiger partial charge on any atom is -0.497 e. The average molecular weight is 492 g/mol. The number of nitrogens with zero attached hydrogens (tertiary/aromatic N) is 4. The maximum atomic E-state index is 5.89. The highest BCUT2D eigenvalue weighted by Crippen LogP contribution is 2.41. The summed E-state index contributed by atoms with van der Waals surface area (Å²) in [5, 5.41) is 4.38. The van der Waals surface area contributed by atoms with E-state index in [1.54, 1.807) is 7.11 Å². The third-order valence-electron chi connectivity index (χ3n) is 7.06. The summed E-state index contributed by atoms with van der Waals surface area (Å²) in [5.74, 6) is 0.846. The number of ether oxygens (including phenoxy) is 2. The van der Waals surface area contributed by atoms with Gasteiger partial charge in [-0.15, -0.1) is 0 Å². The molecule has 8 heteroatoms. The van der Waals surface area contributed by atoms with Crippen LogP contribution < -0.4 is 10.1 Å². The largest absolute Gasteiger partial charge is 0.497 e. The minimum absolute atomic E-state index is 0.0207. The molecule has 0 spiro atoms. The molecule has 2 aliphatic rings. The van der Waals surface area contributed by atoms with Crippen molar-refractivity contribution in [3.63, 3.8) is 0 Å². The second kappa shape index (κ2) is 10.4. The van der Waals surface area contributed by atoms with Crippen molar-refractivity contribution in [3.05, 3.63) is 77.4 Å². The third kappa shape index (κ3) is 4.78. The highest BCUT2D eigenvalue weighted by molar-refractivity contribution is 7.80. The Balaban J connectivity index is 1.52. The first kappa shape index (κ1) is 23.8. The second-order valence-electron chi connectivity index (χ2n) is 9.14. The number of rotatable bonds is 7. The Labute approximate surface area is 212 Å². The maximum absolute atomic E-state index is 5.89. The van der Waals surface area contributed by atoms with Gasteiger partial charge >= 0.3 is 0 Å². The van der Waals surface area contributed by atoms with Gasteiger partial charge in [-0.25, -0.2) is 0 Å². The molecule has 184 valence electrons. The van der Waals surface area contributed by atoms with Crippen LogP contribution in [0.2, 0.25) is 0 Å². The molecule has 0 saturated carbocycles. The van der Waals surface area contributed by atoms with Crippen LogP contribution in [0.5, 0.6) is 5.75 Å². The molecule has 0 unspecified atom stereocenters. The fraction of sp³-hybridized carbons (Fsp3) is 0.407. The van der Waals surface area contributed by atoms with Crippen molar-refractivity contribution < 1.29 is 9.47 Å². The van der Waals surface area contributed by atoms with Crippen molar-refractivity contribution in [2.75, 3.05) is 46.5 Å². The molecule has 2 aromatic heterocycles. The van der Waals surface area contributed by atoms with Crippen molar-refractivity contribution in [2.24, 2.45) is 0 Å². The molecule has 2 atom stereocenters. The van der Waals surface area contributed by atoms with Gasteiger partial charge in [0.25, 0.3) is 0 Å². The van der Waals surface area contributed by atoms with Crippen molar-refractivity contribution in [1.82, 2.24) is 24.7 Å². The summed E-state index contributed by atoms with van der Waals surface area (Å²) in [6, 6.07) is 16.6. The Morgan fingerprint density at radius 1 is 1.09 bits per heavy atom. The van der Waals surface area contributed by atoms with Crippen molar-refractivity contribution in [3.8, 4) is 11.4 Å². The van der Waals surface area contributed by atoms with Crippen LogP contribution in [-0.4, -0.2) is 71.0 Å². The zero-order valence-corrected chi connectivity index (χ0v) is 21.4. The lowest BCUT2D eigenvalue weighted by Gasteiger charge is -2.32. The lowest BCUT2D eigenvalue weighted by Crippen LogP contribution is -2.42. The van der Waals surface area contributed by atoms with Crippen LogP contribution in [0, 0.1) is 13.8 Å². The number of thiocarbonyl (C=S) groups is 1. The van der Waals surface area contributed by atoms with Gasteiger partial charge in [-0.3, -0.25) is 9.88 Å². The molecule has 4 heterocycles. The summed E-state index contributed by atoms with van der Waals surface area (Å²) in [6.45, 7) is 9.67. The Morgan fingerprint density at radius 3 is 2.66 bits per heavy atom. The third-order valence-corrected chi connectivity index (χ3v) is 7.41. The van der Waals surface area contributed by atoms with E-state index in [1.165, 1.54) is 17.0 Å². The molecule has 0 amide bonds. The van der Waals surface area contributed by atoms with Crippen LogP contribution >= 0.6 is 12.2 Å². The van der Waals surface area contributed by atoms with E-state index in [4.69, 9.17) is 26.7 Å². The Hall–Kier alpha value is -2.94. The van der Waals surface area contributed by atoms with E-state index < -0.39 is 0 Å². The highest BCUT2D eigenvalue weighted by Gasteiger charge is 2.41. The number of aromatic nitrogens is 2. The maximum Gasteiger partial charge on any atom is 0.170 e. The summed E-state index contributed by atoms with van der Waals surface area (Å²) in [6.07, 6.45) is 1.85. The number of morpholine rings is 1. The number of nitrogens with one attached hydrogen (secondary N) is 1. The Kier molecular flexibility index (Phi) is 7.04. The summed E-state index contributed by atoms with van der Waals surface area (Å²) in [5.41, 5.74) is 5.73. The molecule has 0 radical (unpaired) electrons. The van der Waals surface area contributed by atoms with Gasteiger partial charge in [-0.2, -0.15) is 0 Å². The number of hydrogen-bond donors (Lipinski definition) is 1. The molecule has 1 aromatic carbocycles. The molecule has 7 nitrogen and oxygen atoms in total. The Morgan fingerprint density at radius 2 is 1.91 bits per heavy atom. The lowest BCUT2D eigenvalue weighted by molar-refractivity contribution is 0.0350. The molecule has 3 aromatic rings. The van der Waals surface area contributed by atoms with E-state index in [9.17, 15) is 0 Å². The summed E-state index contributed by atoms with van der Waals surface area (Å²) in [4.78, 5) is 9.50. The van der Waals surface area contributed by atoms with Gasteiger partial charge in [0, 0.05) is 55.5 Å². The Bertz CT molecular complexity index is 1180. The molecular formula is C27H33N5O2S. The van der Waals surface area contributed by atoms with Crippen LogP contribution in [0.25, 0.3) is 5.69 Å². The second-order valence-corrected chi connectivity index (χ2v) is 9.52. The molecule has 1 N–H and O–H groups in total. The number of benzene rings is 1. The van der Waals surface area contributed by atoms with Crippen LogP contribution in [0.1, 0.15) is 34.7 Å². The standard InChI is InChI=1S/C27H33N5O2S/c1-19-17-23(20(2)32(19)21-7-6-8-22(18-21)33-3)26-25(24-9-4-5-10-28-24)29-27(35)31(26)12-11-30-13-15-34-16-14-30/h4-10,17-18,25-26H,11-16H2,1-3H3,(H,29,35)/t25-,26-/m0/s1. The monoisotopic (exact) mass is 491 g/mol. The van der Waals surface area contributed by atoms with Crippen LogP contribution in [0.3, 0.4) is 0 Å². The highest BCUT2D eigenvalue weighted by atomic mass is 32.1. The van der Waals surface area contributed by atoms with E-state index in [0.29, 0.717) is 0 Å². The SMILES string of the molecule is COc1cccc(-n2c(C)cc([C@H]3[C@H](c4ccccn4)NC(=S)N3CCN3CCOCC3)c2C)c1. The first-order valence-corrected chi connectivity index (χ1v) is 12.6. The number of methoxy groups -OCH3 is 1. The number of hydrogen-bond acceptors (Lipinski definition) is 5. The van der Waals surface area contributed by atoms with E-state index in [-0.39, 0.29) is 12.1 Å². The predicted molar refractivity (Wildman–Crippen MR) is 141 cm³/mol. The van der Waals surface area contributed by atoms with Gasteiger partial charge in [0.15, 0.2) is 5.11 Å². The van der Waals surface area contributed by atoms with Gasteiger partial charge in [0.2, 0.25) is 0 Å². The number of pyridine rings is 1. The van der Waals surface area contributed by atoms with Crippen LogP contribution in [0.4, 0.5) is 0 Å². The first-order chi connectivity index (χ1) is 17.1. The fourth-order valence-electron chi connectivity index (χ4n) is 5.29. The smallest absolute Gasteiger partial charge is 0.170 e. The average Bonchev–Trinajstić information content (AvgIpc) is 3.38. The summed E-state index contributed by atoms with van der Waals surface area (Å²) >= 11 is 5.89. The minimum atomic E-state index is -0.0207. The van der Waals surface area contributed by atoms with Gasteiger partial charge in [-0.1, -0.05) is 12.1 Å². The quantitative estimate of drug-likeness (QED) is 0.505. The van der Waals surface area contributed by atoms with Gasteiger partial charge in [0.05, 0.1) is 38.1 Å². The zero-order valence-electron chi connectivity index (χ0n) is 20.6. The van der Waals surface area contributed by atoms with Gasteiger partial charge in [0.1, 0.15) is 5.75 Å². The molecule has 5 rings (SSSR count). The molecule has 35 heavy (non-hydrogen) atoms. The normalized spacial score (nSPS) is 20.8. The molecule has 2 saturated heterocycles. The number of aryl methyl sites for hydroxylation is 1. The molecule has 2 aliphatic heterocycles. The molecule has 0 bridgehead atoms. The van der Waals surface area contributed by atoms with Crippen molar-refractivity contribution in [1.29, 1.82) is 0 Å². The van der Waals surface area contributed by atoms with E-state index in [0.717, 1.165) is 61.6 Å². The molecule has 2 fully saturated rings. The molecule has 0 aliphatic carbocycles. The first-order valence-electron chi connectivity index (χ1n) is 12.2. The topological polar surface area (TPSA) is 54.8 Å². The van der Waals surface area contributed by atoms with Crippen LogP contribution in [0.15, 0.2) is 54.7 Å². The zero-order chi connectivity index (χ0) is 24.4. The fourth-order valence-corrected chi connectivity index (χ4v) is 5.62. The van der Waals surface area contributed by atoms with E-state index in [2.05, 4.69) is 57.8 Å².